The lowest BCUT2D eigenvalue weighted by atomic mass is 10.2. The van der Waals surface area contributed by atoms with E-state index in [0.29, 0.717) is 23.4 Å². The van der Waals surface area contributed by atoms with E-state index in [-0.39, 0.29) is 17.9 Å². The van der Waals surface area contributed by atoms with Gasteiger partial charge in [-0.1, -0.05) is 0 Å². The van der Waals surface area contributed by atoms with Crippen LogP contribution in [-0.2, 0) is 4.74 Å². The zero-order chi connectivity index (χ0) is 17.6. The highest BCUT2D eigenvalue weighted by atomic mass is 35.5. The monoisotopic (exact) mass is 369 g/mol. The highest BCUT2D eigenvalue weighted by Crippen LogP contribution is 2.33. The molecule has 10 heteroatoms. The molecule has 9 nitrogen and oxygen atoms in total. The van der Waals surface area contributed by atoms with E-state index in [1.54, 1.807) is 4.57 Å². The SMILES string of the molecule is OCC1CC(O)C(n2cnc3c(NC4CCCC4O)nc(Cl)nc32)O1. The number of aliphatic hydroxyl groups is 3. The highest BCUT2D eigenvalue weighted by molar-refractivity contribution is 6.28. The minimum Gasteiger partial charge on any atom is -0.394 e. The van der Waals surface area contributed by atoms with Crippen LogP contribution in [0.25, 0.3) is 11.2 Å². The first kappa shape index (κ1) is 16.9. The average Bonchev–Trinajstić information content (AvgIpc) is 3.27. The zero-order valence-electron chi connectivity index (χ0n) is 13.4. The van der Waals surface area contributed by atoms with Crippen molar-refractivity contribution in [2.75, 3.05) is 11.9 Å². The van der Waals surface area contributed by atoms with E-state index < -0.39 is 24.5 Å². The molecule has 25 heavy (non-hydrogen) atoms. The fourth-order valence-corrected chi connectivity index (χ4v) is 3.72. The molecule has 5 atom stereocenters. The Morgan fingerprint density at radius 1 is 1.28 bits per heavy atom. The number of anilines is 1. The Morgan fingerprint density at radius 3 is 2.80 bits per heavy atom. The first-order chi connectivity index (χ1) is 12.1. The molecule has 0 aromatic carbocycles. The molecule has 1 aliphatic heterocycles. The fourth-order valence-electron chi connectivity index (χ4n) is 3.56. The summed E-state index contributed by atoms with van der Waals surface area (Å²) in [6, 6.07) is -0.105. The van der Waals surface area contributed by atoms with E-state index in [1.807, 2.05) is 0 Å². The molecule has 2 aromatic heterocycles. The summed E-state index contributed by atoms with van der Waals surface area (Å²) in [6.45, 7) is -0.164. The van der Waals surface area contributed by atoms with Gasteiger partial charge in [0.2, 0.25) is 5.28 Å². The maximum absolute atomic E-state index is 10.2. The summed E-state index contributed by atoms with van der Waals surface area (Å²) in [5, 5.41) is 32.7. The van der Waals surface area contributed by atoms with Crippen molar-refractivity contribution in [1.29, 1.82) is 0 Å². The summed E-state index contributed by atoms with van der Waals surface area (Å²) in [7, 11) is 0. The van der Waals surface area contributed by atoms with Crippen LogP contribution >= 0.6 is 11.6 Å². The number of ether oxygens (including phenoxy) is 1. The lowest BCUT2D eigenvalue weighted by molar-refractivity contribution is -0.0486. The first-order valence-corrected chi connectivity index (χ1v) is 8.73. The maximum atomic E-state index is 10.2. The lowest BCUT2D eigenvalue weighted by Crippen LogP contribution is -2.28. The number of nitrogens with one attached hydrogen (secondary N) is 1. The number of imidazole rings is 1. The first-order valence-electron chi connectivity index (χ1n) is 8.36. The molecule has 0 radical (unpaired) electrons. The molecule has 1 aliphatic carbocycles. The Kier molecular flexibility index (Phi) is 4.50. The highest BCUT2D eigenvalue weighted by Gasteiger charge is 2.36. The molecule has 2 aliphatic rings. The lowest BCUT2D eigenvalue weighted by Gasteiger charge is -2.18. The van der Waals surface area contributed by atoms with Crippen molar-refractivity contribution in [3.05, 3.63) is 11.6 Å². The van der Waals surface area contributed by atoms with E-state index in [0.717, 1.165) is 19.3 Å². The third kappa shape index (κ3) is 3.06. The van der Waals surface area contributed by atoms with Crippen LogP contribution in [0, 0.1) is 0 Å². The molecular weight excluding hydrogens is 350 g/mol. The Bertz CT molecular complexity index is 772. The quantitative estimate of drug-likeness (QED) is 0.572. The second-order valence-corrected chi connectivity index (χ2v) is 6.89. The smallest absolute Gasteiger partial charge is 0.226 e. The number of aliphatic hydroxyl groups excluding tert-OH is 3. The summed E-state index contributed by atoms with van der Waals surface area (Å²) in [6.07, 6.45) is 2.04. The van der Waals surface area contributed by atoms with E-state index in [9.17, 15) is 15.3 Å². The molecule has 0 spiro atoms. The van der Waals surface area contributed by atoms with Crippen LogP contribution in [0.2, 0.25) is 5.28 Å². The van der Waals surface area contributed by atoms with Crippen LogP contribution in [0.1, 0.15) is 31.9 Å². The predicted octanol–water partition coefficient (Wildman–Crippen LogP) is 0.446. The molecule has 0 amide bonds. The van der Waals surface area contributed by atoms with Gasteiger partial charge in [-0.2, -0.15) is 9.97 Å². The predicted molar refractivity (Wildman–Crippen MR) is 89.2 cm³/mol. The van der Waals surface area contributed by atoms with E-state index in [1.165, 1.54) is 6.33 Å². The Hall–Kier alpha value is -1.52. The third-order valence-corrected chi connectivity index (χ3v) is 5.01. The van der Waals surface area contributed by atoms with Gasteiger partial charge in [0.15, 0.2) is 23.2 Å². The van der Waals surface area contributed by atoms with Gasteiger partial charge >= 0.3 is 0 Å². The summed E-state index contributed by atoms with van der Waals surface area (Å²) >= 11 is 6.06. The van der Waals surface area contributed by atoms with Crippen LogP contribution in [0.3, 0.4) is 0 Å². The van der Waals surface area contributed by atoms with Crippen molar-refractivity contribution < 1.29 is 20.1 Å². The van der Waals surface area contributed by atoms with E-state index in [2.05, 4.69) is 20.3 Å². The van der Waals surface area contributed by atoms with Gasteiger partial charge in [-0.25, -0.2) is 4.98 Å². The second kappa shape index (κ2) is 6.65. The molecule has 1 saturated carbocycles. The molecule has 1 saturated heterocycles. The topological polar surface area (TPSA) is 126 Å². The number of rotatable bonds is 4. The van der Waals surface area contributed by atoms with Gasteiger partial charge in [-0.15, -0.1) is 0 Å². The number of aromatic nitrogens is 4. The van der Waals surface area contributed by atoms with Crippen LogP contribution < -0.4 is 5.32 Å². The minimum atomic E-state index is -0.781. The number of hydrogen-bond donors (Lipinski definition) is 4. The zero-order valence-corrected chi connectivity index (χ0v) is 14.2. The number of hydrogen-bond acceptors (Lipinski definition) is 8. The molecule has 3 heterocycles. The molecule has 0 bridgehead atoms. The largest absolute Gasteiger partial charge is 0.394 e. The fraction of sp³-hybridized carbons (Fsp3) is 0.667. The molecule has 2 fully saturated rings. The Labute approximate surface area is 148 Å². The van der Waals surface area contributed by atoms with E-state index >= 15 is 0 Å². The van der Waals surface area contributed by atoms with Crippen LogP contribution in [0.5, 0.6) is 0 Å². The van der Waals surface area contributed by atoms with Crippen molar-refractivity contribution in [1.82, 2.24) is 19.5 Å². The van der Waals surface area contributed by atoms with Gasteiger partial charge in [0.1, 0.15) is 6.10 Å². The van der Waals surface area contributed by atoms with Gasteiger partial charge < -0.3 is 25.4 Å². The number of fused-ring (bicyclic) bond motifs is 1. The molecular formula is C15H20ClN5O4. The molecule has 5 unspecified atom stereocenters. The van der Waals surface area contributed by atoms with Crippen molar-refractivity contribution in [3.8, 4) is 0 Å². The summed E-state index contributed by atoms with van der Waals surface area (Å²) < 4.78 is 7.26. The average molecular weight is 370 g/mol. The van der Waals surface area contributed by atoms with Gasteiger partial charge in [-0.05, 0) is 30.9 Å². The van der Waals surface area contributed by atoms with Crippen molar-refractivity contribution in [2.24, 2.45) is 0 Å². The summed E-state index contributed by atoms with van der Waals surface area (Å²) in [5.41, 5.74) is 0.921. The van der Waals surface area contributed by atoms with Gasteiger partial charge in [-0.3, -0.25) is 4.57 Å². The van der Waals surface area contributed by atoms with Crippen LogP contribution in [-0.4, -0.2) is 65.8 Å². The molecule has 4 rings (SSSR count). The molecule has 4 N–H and O–H groups in total. The molecule has 136 valence electrons. The third-order valence-electron chi connectivity index (χ3n) is 4.84. The van der Waals surface area contributed by atoms with Gasteiger partial charge in [0.25, 0.3) is 0 Å². The maximum Gasteiger partial charge on any atom is 0.226 e. The van der Waals surface area contributed by atoms with Crippen molar-refractivity contribution in [2.45, 2.75) is 56.3 Å². The Morgan fingerprint density at radius 2 is 2.12 bits per heavy atom. The number of halogens is 1. The summed E-state index contributed by atoms with van der Waals surface area (Å²) in [4.78, 5) is 12.8. The standard InChI is InChI=1S/C15H20ClN5O4/c16-15-19-12(18-8-2-1-3-9(8)23)11-13(20-15)21(6-17-11)14-10(24)4-7(5-22)25-14/h6-10,14,22-24H,1-5H2,(H,18,19,20). The minimum absolute atomic E-state index is 0.0374. The Balaban J connectivity index is 1.69. The van der Waals surface area contributed by atoms with E-state index in [4.69, 9.17) is 16.3 Å². The van der Waals surface area contributed by atoms with Crippen molar-refractivity contribution >= 4 is 28.6 Å². The van der Waals surface area contributed by atoms with Crippen LogP contribution in [0.15, 0.2) is 6.33 Å². The summed E-state index contributed by atoms with van der Waals surface area (Å²) in [5.74, 6) is 0.450. The normalized spacial score (nSPS) is 32.6. The second-order valence-electron chi connectivity index (χ2n) is 6.55. The molecule has 2 aromatic rings. The number of nitrogens with zero attached hydrogens (tertiary/aromatic N) is 4. The van der Waals surface area contributed by atoms with Gasteiger partial charge in [0.05, 0.1) is 31.2 Å². The van der Waals surface area contributed by atoms with Gasteiger partial charge in [0, 0.05) is 6.42 Å². The van der Waals surface area contributed by atoms with Crippen LogP contribution in [0.4, 0.5) is 5.82 Å². The van der Waals surface area contributed by atoms with Crippen molar-refractivity contribution in [3.63, 3.8) is 0 Å².